The number of hydrogen-bond donors (Lipinski definition) is 1. The van der Waals surface area contributed by atoms with Crippen LogP contribution >= 0.6 is 24.0 Å². The fourth-order valence-corrected chi connectivity index (χ4v) is 1.91. The summed E-state index contributed by atoms with van der Waals surface area (Å²) in [5, 5.41) is 3.68. The van der Waals surface area contributed by atoms with Gasteiger partial charge in [0.05, 0.1) is 0 Å². The van der Waals surface area contributed by atoms with E-state index in [1.165, 1.54) is 6.07 Å². The quantitative estimate of drug-likeness (QED) is 0.790. The summed E-state index contributed by atoms with van der Waals surface area (Å²) in [6.07, 6.45) is 1.01. The second kappa shape index (κ2) is 4.96. The Kier molecular flexibility index (Phi) is 4.17. The maximum Gasteiger partial charge on any atom is 0.128 e. The summed E-state index contributed by atoms with van der Waals surface area (Å²) in [6, 6.07) is 4.92. The molecule has 1 N–H and O–H groups in total. The molecule has 1 atom stereocenters. The van der Waals surface area contributed by atoms with E-state index in [0.717, 1.165) is 25.1 Å². The van der Waals surface area contributed by atoms with Crippen LogP contribution in [0.5, 0.6) is 0 Å². The monoisotopic (exact) mass is 235 g/mol. The molecule has 1 fully saturated rings. The van der Waals surface area contributed by atoms with Crippen LogP contribution < -0.4 is 5.32 Å². The molecule has 1 aliphatic heterocycles. The number of halogens is 3. The molecule has 0 aromatic heterocycles. The largest absolute Gasteiger partial charge is 0.316 e. The fraction of sp³-hybridized carbons (Fsp3) is 0.400. The van der Waals surface area contributed by atoms with Gasteiger partial charge in [-0.15, -0.1) is 12.4 Å². The van der Waals surface area contributed by atoms with Gasteiger partial charge >= 0.3 is 0 Å². The molecule has 2 rings (SSSR count). The van der Waals surface area contributed by atoms with E-state index in [1.54, 1.807) is 12.1 Å². The predicted molar refractivity (Wildman–Crippen MR) is 58.9 cm³/mol. The summed E-state index contributed by atoms with van der Waals surface area (Å²) in [4.78, 5) is 0. The van der Waals surface area contributed by atoms with E-state index in [4.69, 9.17) is 11.6 Å². The first-order valence-electron chi connectivity index (χ1n) is 4.43. The Morgan fingerprint density at radius 3 is 2.79 bits per heavy atom. The van der Waals surface area contributed by atoms with Crippen molar-refractivity contribution in [3.63, 3.8) is 0 Å². The van der Waals surface area contributed by atoms with Crippen LogP contribution in [-0.2, 0) is 0 Å². The normalized spacial score (nSPS) is 20.6. The molecule has 1 saturated heterocycles. The molecule has 1 aromatic carbocycles. The molecule has 1 unspecified atom stereocenters. The second-order valence-electron chi connectivity index (χ2n) is 3.36. The Morgan fingerprint density at radius 2 is 2.21 bits per heavy atom. The van der Waals surface area contributed by atoms with Crippen molar-refractivity contribution in [2.75, 3.05) is 13.1 Å². The summed E-state index contributed by atoms with van der Waals surface area (Å²) in [7, 11) is 0. The van der Waals surface area contributed by atoms with Crippen LogP contribution in [-0.4, -0.2) is 13.1 Å². The van der Waals surface area contributed by atoms with Crippen molar-refractivity contribution in [2.24, 2.45) is 0 Å². The minimum atomic E-state index is -0.179. The number of benzene rings is 1. The first kappa shape index (κ1) is 11.8. The van der Waals surface area contributed by atoms with E-state index in [2.05, 4.69) is 5.32 Å². The number of nitrogens with one attached hydrogen (secondary N) is 1. The summed E-state index contributed by atoms with van der Waals surface area (Å²) in [6.45, 7) is 1.85. The van der Waals surface area contributed by atoms with Crippen LogP contribution in [0.2, 0.25) is 5.02 Å². The average Bonchev–Trinajstić information content (AvgIpc) is 2.56. The van der Waals surface area contributed by atoms with Crippen LogP contribution in [0.1, 0.15) is 17.9 Å². The predicted octanol–water partition coefficient (Wildman–Crippen LogP) is 2.98. The Balaban J connectivity index is 0.000000980. The van der Waals surface area contributed by atoms with Gasteiger partial charge in [-0.25, -0.2) is 4.39 Å². The van der Waals surface area contributed by atoms with E-state index in [1.807, 2.05) is 0 Å². The van der Waals surface area contributed by atoms with Gasteiger partial charge in [0.1, 0.15) is 5.82 Å². The van der Waals surface area contributed by atoms with Gasteiger partial charge in [0.15, 0.2) is 0 Å². The third-order valence-corrected chi connectivity index (χ3v) is 2.70. The van der Waals surface area contributed by atoms with Crippen molar-refractivity contribution in [2.45, 2.75) is 12.3 Å². The molecule has 4 heteroatoms. The molecule has 0 radical (unpaired) electrons. The SMILES string of the molecule is Cl.Fc1cc(Cl)ccc1C1CCNC1. The summed E-state index contributed by atoms with van der Waals surface area (Å²) >= 11 is 5.67. The standard InChI is InChI=1S/C10H11ClFN.ClH/c11-8-1-2-9(10(12)5-8)7-3-4-13-6-7;/h1-2,5,7,13H,3-4,6H2;1H. The number of hydrogen-bond acceptors (Lipinski definition) is 1. The van der Waals surface area contributed by atoms with Gasteiger partial charge in [-0.2, -0.15) is 0 Å². The zero-order valence-electron chi connectivity index (χ0n) is 7.59. The molecular weight excluding hydrogens is 224 g/mol. The zero-order chi connectivity index (χ0) is 9.26. The minimum Gasteiger partial charge on any atom is -0.316 e. The molecule has 1 aliphatic rings. The summed E-state index contributed by atoms with van der Waals surface area (Å²) < 4.78 is 13.4. The molecule has 14 heavy (non-hydrogen) atoms. The average molecular weight is 236 g/mol. The maximum absolute atomic E-state index is 13.4. The lowest BCUT2D eigenvalue weighted by Gasteiger charge is -2.09. The number of rotatable bonds is 1. The molecule has 1 nitrogen and oxygen atoms in total. The van der Waals surface area contributed by atoms with E-state index in [0.29, 0.717) is 10.9 Å². The van der Waals surface area contributed by atoms with Crippen LogP contribution in [0.25, 0.3) is 0 Å². The Labute approximate surface area is 94.1 Å². The van der Waals surface area contributed by atoms with Gasteiger partial charge in [-0.1, -0.05) is 17.7 Å². The van der Waals surface area contributed by atoms with Crippen molar-refractivity contribution in [3.8, 4) is 0 Å². The van der Waals surface area contributed by atoms with E-state index in [-0.39, 0.29) is 18.2 Å². The lowest BCUT2D eigenvalue weighted by molar-refractivity contribution is 0.588. The van der Waals surface area contributed by atoms with E-state index in [9.17, 15) is 4.39 Å². The molecule has 0 bridgehead atoms. The van der Waals surface area contributed by atoms with Crippen LogP contribution in [0.3, 0.4) is 0 Å². The van der Waals surface area contributed by atoms with E-state index >= 15 is 0 Å². The molecule has 0 spiro atoms. The molecule has 0 saturated carbocycles. The molecular formula is C10H12Cl2FN. The molecule has 0 aliphatic carbocycles. The van der Waals surface area contributed by atoms with Crippen LogP contribution in [0, 0.1) is 5.82 Å². The fourth-order valence-electron chi connectivity index (χ4n) is 1.75. The topological polar surface area (TPSA) is 12.0 Å². The zero-order valence-corrected chi connectivity index (χ0v) is 9.17. The highest BCUT2D eigenvalue weighted by Gasteiger charge is 2.19. The van der Waals surface area contributed by atoms with Crippen molar-refractivity contribution in [3.05, 3.63) is 34.6 Å². The molecule has 1 aromatic rings. The highest BCUT2D eigenvalue weighted by atomic mass is 35.5. The Morgan fingerprint density at radius 1 is 1.43 bits per heavy atom. The minimum absolute atomic E-state index is 0. The second-order valence-corrected chi connectivity index (χ2v) is 3.79. The smallest absolute Gasteiger partial charge is 0.128 e. The maximum atomic E-state index is 13.4. The van der Waals surface area contributed by atoms with Gasteiger partial charge in [0, 0.05) is 17.5 Å². The van der Waals surface area contributed by atoms with Gasteiger partial charge in [0.2, 0.25) is 0 Å². The highest BCUT2D eigenvalue weighted by molar-refractivity contribution is 6.30. The Hall–Kier alpha value is -0.310. The van der Waals surface area contributed by atoms with Crippen LogP contribution in [0.4, 0.5) is 4.39 Å². The molecule has 1 heterocycles. The van der Waals surface area contributed by atoms with Crippen molar-refractivity contribution < 1.29 is 4.39 Å². The van der Waals surface area contributed by atoms with Crippen LogP contribution in [0.15, 0.2) is 18.2 Å². The van der Waals surface area contributed by atoms with Crippen molar-refractivity contribution in [1.82, 2.24) is 5.32 Å². The summed E-state index contributed by atoms with van der Waals surface area (Å²) in [5.74, 6) is 0.137. The molecule has 78 valence electrons. The lowest BCUT2D eigenvalue weighted by atomic mass is 9.98. The van der Waals surface area contributed by atoms with Crippen molar-refractivity contribution in [1.29, 1.82) is 0 Å². The Bertz CT molecular complexity index is 311. The van der Waals surface area contributed by atoms with E-state index < -0.39 is 0 Å². The van der Waals surface area contributed by atoms with Gasteiger partial charge in [-0.3, -0.25) is 0 Å². The highest BCUT2D eigenvalue weighted by Crippen LogP contribution is 2.26. The molecule has 0 amide bonds. The van der Waals surface area contributed by atoms with Crippen molar-refractivity contribution >= 4 is 24.0 Å². The third-order valence-electron chi connectivity index (χ3n) is 2.46. The van der Waals surface area contributed by atoms with Gasteiger partial charge in [0.25, 0.3) is 0 Å². The third kappa shape index (κ3) is 2.38. The lowest BCUT2D eigenvalue weighted by Crippen LogP contribution is -2.08. The first-order chi connectivity index (χ1) is 6.27. The van der Waals surface area contributed by atoms with Gasteiger partial charge in [-0.05, 0) is 30.7 Å². The van der Waals surface area contributed by atoms with Gasteiger partial charge < -0.3 is 5.32 Å². The first-order valence-corrected chi connectivity index (χ1v) is 4.81. The summed E-state index contributed by atoms with van der Waals surface area (Å²) in [5.41, 5.74) is 0.786.